The predicted octanol–water partition coefficient (Wildman–Crippen LogP) is 5.68. The highest BCUT2D eigenvalue weighted by atomic mass is 16.5. The number of hydrogen-bond donors (Lipinski definition) is 4. The molecule has 242 valence electrons. The van der Waals surface area contributed by atoms with Crippen molar-refractivity contribution in [3.05, 3.63) is 89.3 Å². The van der Waals surface area contributed by atoms with Crippen LogP contribution in [0.5, 0.6) is 0 Å². The summed E-state index contributed by atoms with van der Waals surface area (Å²) in [6, 6.07) is 6.32. The third-order valence-corrected chi connectivity index (χ3v) is 7.76. The Kier molecular flexibility index (Phi) is 13.4. The fraction of sp³-hybridized carbons (Fsp3) is 0.400. The summed E-state index contributed by atoms with van der Waals surface area (Å²) in [5.41, 5.74) is 3.83. The lowest BCUT2D eigenvalue weighted by atomic mass is 9.77. The van der Waals surface area contributed by atoms with E-state index in [-0.39, 0.29) is 30.8 Å². The molecule has 2 heterocycles. The summed E-state index contributed by atoms with van der Waals surface area (Å²) in [6.07, 6.45) is 5.99. The summed E-state index contributed by atoms with van der Waals surface area (Å²) < 4.78 is 4.86. The number of methoxy groups -OCH3 is 1. The SMILES string of the molecule is C=C/C=C\C(C(=C)c1nc(NC)c2c(n1)NC(=O)[C@@]2(C)c1ccc(CCC(=O)NC(COC)C(=O)O)cc1)=C(/C)C(C)C.CC. The van der Waals surface area contributed by atoms with E-state index in [4.69, 9.17) is 14.7 Å². The summed E-state index contributed by atoms with van der Waals surface area (Å²) in [4.78, 5) is 46.6. The molecule has 0 saturated heterocycles. The second kappa shape index (κ2) is 16.5. The van der Waals surface area contributed by atoms with Gasteiger partial charge in [-0.3, -0.25) is 9.59 Å². The van der Waals surface area contributed by atoms with E-state index < -0.39 is 17.4 Å². The van der Waals surface area contributed by atoms with Crippen molar-refractivity contribution in [3.63, 3.8) is 0 Å². The van der Waals surface area contributed by atoms with Gasteiger partial charge in [-0.25, -0.2) is 14.8 Å². The van der Waals surface area contributed by atoms with Crippen LogP contribution < -0.4 is 16.0 Å². The number of aliphatic carboxylic acids is 1. The zero-order valence-electron chi connectivity index (χ0n) is 27.7. The van der Waals surface area contributed by atoms with Gasteiger partial charge in [0.25, 0.3) is 0 Å². The standard InChI is InChI=1S/C33H41N5O5.C2H6/c1-9-10-11-24(20(4)19(2)3)21(5)28-36-29(34-7)27-30(37-28)38-32(42)33(27,6)23-15-12-22(13-16-23)14-17-26(39)35-25(18-43-8)31(40)41;1-2/h9-13,15-16,19,25H,1,5,14,17-18H2,2-4,6-8H3,(H,35,39)(H,40,41)(H2,34,36,37,38,42);1-2H3/b11-10-,24-20-;/t25?,33-;/m0./s1. The van der Waals surface area contributed by atoms with Crippen LogP contribution in [0.4, 0.5) is 11.6 Å². The minimum Gasteiger partial charge on any atom is -0.480 e. The number of aryl methyl sites for hydroxylation is 1. The fourth-order valence-corrected chi connectivity index (χ4v) is 4.90. The highest BCUT2D eigenvalue weighted by Gasteiger charge is 2.47. The maximum Gasteiger partial charge on any atom is 0.328 e. The lowest BCUT2D eigenvalue weighted by Gasteiger charge is -2.25. The number of aromatic nitrogens is 2. The van der Waals surface area contributed by atoms with E-state index in [0.717, 1.165) is 22.3 Å². The van der Waals surface area contributed by atoms with Gasteiger partial charge in [0.2, 0.25) is 11.8 Å². The zero-order valence-corrected chi connectivity index (χ0v) is 27.7. The van der Waals surface area contributed by atoms with Crippen LogP contribution in [-0.2, 0) is 31.0 Å². The number of carboxylic acid groups (broad SMARTS) is 1. The number of hydrogen-bond acceptors (Lipinski definition) is 7. The zero-order chi connectivity index (χ0) is 33.9. The molecule has 1 aromatic heterocycles. The molecule has 2 atom stereocenters. The molecule has 0 bridgehead atoms. The monoisotopic (exact) mass is 617 g/mol. The Morgan fingerprint density at radius 3 is 2.36 bits per heavy atom. The number of nitrogens with zero attached hydrogens (tertiary/aromatic N) is 2. The van der Waals surface area contributed by atoms with Crippen molar-refractivity contribution in [3.8, 4) is 0 Å². The fourth-order valence-electron chi connectivity index (χ4n) is 4.90. The van der Waals surface area contributed by atoms with Gasteiger partial charge in [0, 0.05) is 26.2 Å². The number of carbonyl (C=O) groups is 3. The number of benzene rings is 1. The van der Waals surface area contributed by atoms with E-state index in [2.05, 4.69) is 43.0 Å². The van der Waals surface area contributed by atoms with Crippen molar-refractivity contribution in [1.82, 2.24) is 15.3 Å². The average molecular weight is 618 g/mol. The Morgan fingerprint density at radius 2 is 1.82 bits per heavy atom. The first kappa shape index (κ1) is 36.6. The number of allylic oxidation sites excluding steroid dienone is 6. The number of anilines is 2. The minimum absolute atomic E-state index is 0.104. The van der Waals surface area contributed by atoms with Gasteiger partial charge in [-0.1, -0.05) is 88.9 Å². The largest absolute Gasteiger partial charge is 0.480 e. The molecule has 1 unspecified atom stereocenters. The van der Waals surface area contributed by atoms with Crippen LogP contribution in [0.1, 0.15) is 70.5 Å². The van der Waals surface area contributed by atoms with E-state index in [0.29, 0.717) is 35.0 Å². The number of nitrogens with one attached hydrogen (secondary N) is 3. The number of amides is 2. The number of carbonyl (C=O) groups excluding carboxylic acids is 2. The number of fused-ring (bicyclic) bond motifs is 1. The first-order valence-corrected chi connectivity index (χ1v) is 15.1. The summed E-state index contributed by atoms with van der Waals surface area (Å²) >= 11 is 0. The van der Waals surface area contributed by atoms with E-state index in [1.54, 1.807) is 13.1 Å². The van der Waals surface area contributed by atoms with Gasteiger partial charge in [0.1, 0.15) is 17.1 Å². The molecule has 2 aromatic rings. The Hall–Kier alpha value is -4.57. The van der Waals surface area contributed by atoms with E-state index in [1.165, 1.54) is 7.11 Å². The van der Waals surface area contributed by atoms with Gasteiger partial charge in [-0.2, -0.15) is 0 Å². The van der Waals surface area contributed by atoms with Crippen molar-refractivity contribution in [2.24, 2.45) is 5.92 Å². The molecule has 1 aliphatic heterocycles. The van der Waals surface area contributed by atoms with Crippen LogP contribution in [0, 0.1) is 5.92 Å². The third kappa shape index (κ3) is 8.33. The smallest absolute Gasteiger partial charge is 0.328 e. The topological polar surface area (TPSA) is 143 Å². The number of carboxylic acids is 1. The molecule has 3 rings (SSSR count). The van der Waals surface area contributed by atoms with Crippen molar-refractivity contribution < 1.29 is 24.2 Å². The van der Waals surface area contributed by atoms with Gasteiger partial charge in [-0.15, -0.1) is 0 Å². The van der Waals surface area contributed by atoms with E-state index >= 15 is 0 Å². The molecule has 10 nitrogen and oxygen atoms in total. The van der Waals surface area contributed by atoms with Crippen molar-refractivity contribution in [1.29, 1.82) is 0 Å². The first-order chi connectivity index (χ1) is 21.4. The number of ether oxygens (including phenoxy) is 1. The Morgan fingerprint density at radius 1 is 1.18 bits per heavy atom. The van der Waals surface area contributed by atoms with Crippen LogP contribution in [0.3, 0.4) is 0 Å². The summed E-state index contributed by atoms with van der Waals surface area (Å²) in [5.74, 6) is -0.168. The van der Waals surface area contributed by atoms with Crippen LogP contribution >= 0.6 is 0 Å². The van der Waals surface area contributed by atoms with E-state index in [1.807, 2.05) is 64.1 Å². The normalized spacial score (nSPS) is 16.6. The summed E-state index contributed by atoms with van der Waals surface area (Å²) in [7, 11) is 3.13. The van der Waals surface area contributed by atoms with Gasteiger partial charge in [0.15, 0.2) is 11.9 Å². The first-order valence-electron chi connectivity index (χ1n) is 15.1. The second-order valence-electron chi connectivity index (χ2n) is 10.9. The molecular formula is C35H47N5O5. The molecule has 45 heavy (non-hydrogen) atoms. The highest BCUT2D eigenvalue weighted by Crippen LogP contribution is 2.45. The van der Waals surface area contributed by atoms with Crippen molar-refractivity contribution in [2.75, 3.05) is 31.4 Å². The molecule has 10 heteroatoms. The van der Waals surface area contributed by atoms with Crippen molar-refractivity contribution >= 4 is 35.0 Å². The van der Waals surface area contributed by atoms with Crippen LogP contribution in [0.2, 0.25) is 0 Å². The second-order valence-corrected chi connectivity index (χ2v) is 10.9. The lowest BCUT2D eigenvalue weighted by Crippen LogP contribution is -2.43. The maximum atomic E-state index is 13.5. The molecule has 1 aromatic carbocycles. The maximum absolute atomic E-state index is 13.5. The van der Waals surface area contributed by atoms with Crippen LogP contribution in [0.15, 0.2) is 66.8 Å². The molecule has 0 spiro atoms. The van der Waals surface area contributed by atoms with Gasteiger partial charge in [0.05, 0.1) is 12.2 Å². The van der Waals surface area contributed by atoms with E-state index in [9.17, 15) is 19.5 Å². The summed E-state index contributed by atoms with van der Waals surface area (Å²) in [6.45, 7) is 20.0. The Bertz CT molecular complexity index is 1480. The molecule has 0 aliphatic carbocycles. The van der Waals surface area contributed by atoms with Gasteiger partial charge < -0.3 is 25.8 Å². The minimum atomic E-state index is -1.16. The van der Waals surface area contributed by atoms with Crippen molar-refractivity contribution in [2.45, 2.75) is 65.8 Å². The molecule has 0 radical (unpaired) electrons. The molecule has 0 saturated carbocycles. The van der Waals surface area contributed by atoms with Gasteiger partial charge >= 0.3 is 5.97 Å². The molecule has 2 amide bonds. The Labute approximate surface area is 266 Å². The Balaban J connectivity index is 0.00000345. The average Bonchev–Trinajstić information content (AvgIpc) is 3.30. The molecule has 4 N–H and O–H groups in total. The van der Waals surface area contributed by atoms with Crippen LogP contribution in [0.25, 0.3) is 5.57 Å². The summed E-state index contributed by atoms with van der Waals surface area (Å²) in [5, 5.41) is 17.8. The van der Waals surface area contributed by atoms with Crippen LogP contribution in [-0.4, -0.2) is 59.7 Å². The predicted molar refractivity (Wildman–Crippen MR) is 180 cm³/mol. The third-order valence-electron chi connectivity index (χ3n) is 7.76. The highest BCUT2D eigenvalue weighted by molar-refractivity contribution is 6.09. The lowest BCUT2D eigenvalue weighted by molar-refractivity contribution is -0.143. The molecule has 1 aliphatic rings. The van der Waals surface area contributed by atoms with Gasteiger partial charge in [-0.05, 0) is 42.9 Å². The molecular weight excluding hydrogens is 570 g/mol. The number of rotatable bonds is 14. The quantitative estimate of drug-likeness (QED) is 0.198. The molecule has 0 fully saturated rings.